The maximum Gasteiger partial charge on any atom is 0.405 e. The number of nitro groups is 1. The van der Waals surface area contributed by atoms with E-state index in [1.807, 2.05) is 0 Å². The molecule has 2 rings (SSSR count). The van der Waals surface area contributed by atoms with E-state index in [4.69, 9.17) is 10.8 Å². The predicted molar refractivity (Wildman–Crippen MR) is 63.6 cm³/mol. The number of rotatable bonds is 3. The lowest BCUT2D eigenvalue weighted by Gasteiger charge is -2.24. The van der Waals surface area contributed by atoms with E-state index in [0.29, 0.717) is 11.1 Å². The lowest BCUT2D eigenvalue weighted by molar-refractivity contribution is -0.384. The average Bonchev–Trinajstić information content (AvgIpc) is 2.65. The average molecular weight is 265 g/mol. The molecule has 0 aromatic heterocycles. The molecule has 8 heteroatoms. The van der Waals surface area contributed by atoms with E-state index >= 15 is 0 Å². The van der Waals surface area contributed by atoms with Crippen LogP contribution in [0.2, 0.25) is 0 Å². The quantitative estimate of drug-likeness (QED) is 0.529. The zero-order valence-corrected chi connectivity index (χ0v) is 9.75. The van der Waals surface area contributed by atoms with E-state index in [2.05, 4.69) is 5.32 Å². The third kappa shape index (κ3) is 2.19. The summed E-state index contributed by atoms with van der Waals surface area (Å²) >= 11 is 0. The fourth-order valence-electron chi connectivity index (χ4n) is 2.30. The fraction of sp³-hybridized carbons (Fsp3) is 0.273. The van der Waals surface area contributed by atoms with Crippen LogP contribution in [0.3, 0.4) is 0 Å². The molecule has 0 spiro atoms. The summed E-state index contributed by atoms with van der Waals surface area (Å²) in [5, 5.41) is 21.6. The van der Waals surface area contributed by atoms with Crippen LogP contribution in [-0.4, -0.2) is 27.6 Å². The number of carbonyl (C=O) groups is 2. The van der Waals surface area contributed by atoms with Crippen molar-refractivity contribution in [2.75, 3.05) is 0 Å². The fourth-order valence-corrected chi connectivity index (χ4v) is 2.30. The molecule has 2 amide bonds. The van der Waals surface area contributed by atoms with Crippen molar-refractivity contribution in [1.82, 2.24) is 5.32 Å². The first-order chi connectivity index (χ1) is 8.84. The lowest BCUT2D eigenvalue weighted by Crippen LogP contribution is -2.58. The molecule has 19 heavy (non-hydrogen) atoms. The molecule has 100 valence electrons. The smallest absolute Gasteiger partial charge is 0.405 e. The number of primary amides is 1. The van der Waals surface area contributed by atoms with E-state index in [1.54, 1.807) is 0 Å². The molecule has 0 aliphatic heterocycles. The number of nitrogens with two attached hydrogens (primary N) is 1. The van der Waals surface area contributed by atoms with Crippen molar-refractivity contribution in [3.63, 3.8) is 0 Å². The van der Waals surface area contributed by atoms with Crippen molar-refractivity contribution >= 4 is 17.7 Å². The normalized spacial score (nSPS) is 20.6. The first-order valence-electron chi connectivity index (χ1n) is 5.41. The number of hydrogen-bond acceptors (Lipinski definition) is 4. The number of fused-ring (bicyclic) bond motifs is 1. The highest BCUT2D eigenvalue weighted by Gasteiger charge is 2.44. The van der Waals surface area contributed by atoms with E-state index in [9.17, 15) is 19.7 Å². The highest BCUT2D eigenvalue weighted by atomic mass is 16.6. The molecular weight excluding hydrogens is 254 g/mol. The number of amides is 2. The number of carboxylic acid groups (broad SMARTS) is 1. The van der Waals surface area contributed by atoms with Gasteiger partial charge < -0.3 is 16.2 Å². The standard InChI is InChI=1S/C11H11N3O5/c12-9(15)11(13-10(16)17)4-6-1-2-8(14(18)19)3-7(6)5-11/h1-3,13H,4-5H2,(H2,12,15)(H,16,17). The molecule has 1 aromatic rings. The Morgan fingerprint density at radius 1 is 1.37 bits per heavy atom. The largest absolute Gasteiger partial charge is 0.465 e. The summed E-state index contributed by atoms with van der Waals surface area (Å²) in [6, 6.07) is 4.17. The molecule has 1 aliphatic rings. The van der Waals surface area contributed by atoms with Gasteiger partial charge in [-0.15, -0.1) is 0 Å². The number of nitrogens with one attached hydrogen (secondary N) is 1. The van der Waals surface area contributed by atoms with Gasteiger partial charge in [0.05, 0.1) is 4.92 Å². The number of carbonyl (C=O) groups excluding carboxylic acids is 1. The molecule has 1 unspecified atom stereocenters. The van der Waals surface area contributed by atoms with Crippen LogP contribution in [-0.2, 0) is 17.6 Å². The lowest BCUT2D eigenvalue weighted by atomic mass is 9.95. The van der Waals surface area contributed by atoms with Crippen molar-refractivity contribution < 1.29 is 19.6 Å². The Bertz CT molecular complexity index is 586. The van der Waals surface area contributed by atoms with Gasteiger partial charge in [0.15, 0.2) is 0 Å². The van der Waals surface area contributed by atoms with Gasteiger partial charge in [-0.3, -0.25) is 14.9 Å². The first kappa shape index (κ1) is 12.8. The van der Waals surface area contributed by atoms with Gasteiger partial charge in [0.2, 0.25) is 5.91 Å². The highest BCUT2D eigenvalue weighted by Crippen LogP contribution is 2.32. The van der Waals surface area contributed by atoms with Gasteiger partial charge in [0, 0.05) is 25.0 Å². The molecule has 0 saturated heterocycles. The monoisotopic (exact) mass is 265 g/mol. The molecule has 0 saturated carbocycles. The van der Waals surface area contributed by atoms with Crippen molar-refractivity contribution in [1.29, 1.82) is 0 Å². The van der Waals surface area contributed by atoms with E-state index in [-0.39, 0.29) is 18.5 Å². The van der Waals surface area contributed by atoms with Crippen LogP contribution >= 0.6 is 0 Å². The maximum atomic E-state index is 11.5. The van der Waals surface area contributed by atoms with Crippen LogP contribution in [0.1, 0.15) is 11.1 Å². The third-order valence-corrected chi connectivity index (χ3v) is 3.20. The zero-order chi connectivity index (χ0) is 14.2. The van der Waals surface area contributed by atoms with Gasteiger partial charge in [-0.1, -0.05) is 6.07 Å². The van der Waals surface area contributed by atoms with Crippen LogP contribution in [0.15, 0.2) is 18.2 Å². The second-order valence-electron chi connectivity index (χ2n) is 4.44. The molecule has 1 atom stereocenters. The molecular formula is C11H11N3O5. The van der Waals surface area contributed by atoms with E-state index in [0.717, 1.165) is 0 Å². The van der Waals surface area contributed by atoms with E-state index < -0.39 is 22.5 Å². The second kappa shape index (κ2) is 4.23. The summed E-state index contributed by atoms with van der Waals surface area (Å²) in [6.07, 6.45) is -1.24. The Kier molecular flexibility index (Phi) is 2.85. The van der Waals surface area contributed by atoms with Crippen LogP contribution in [0.5, 0.6) is 0 Å². The highest BCUT2D eigenvalue weighted by molar-refractivity contribution is 5.90. The summed E-state index contributed by atoms with van der Waals surface area (Å²) < 4.78 is 0. The number of nitro benzene ring substituents is 1. The molecule has 1 aromatic carbocycles. The number of nitrogens with zero attached hydrogens (tertiary/aromatic N) is 1. The minimum atomic E-state index is -1.43. The third-order valence-electron chi connectivity index (χ3n) is 3.20. The molecule has 0 bridgehead atoms. The Balaban J connectivity index is 2.38. The number of hydrogen-bond donors (Lipinski definition) is 3. The van der Waals surface area contributed by atoms with Gasteiger partial charge in [-0.05, 0) is 11.1 Å². The SMILES string of the molecule is NC(=O)C1(NC(=O)O)Cc2ccc([N+](=O)[O-])cc2C1. The molecule has 8 nitrogen and oxygen atoms in total. The molecule has 1 aliphatic carbocycles. The van der Waals surface area contributed by atoms with Crippen LogP contribution < -0.4 is 11.1 Å². The Labute approximate surface area is 107 Å². The minimum Gasteiger partial charge on any atom is -0.465 e. The van der Waals surface area contributed by atoms with Crippen LogP contribution in [0.4, 0.5) is 10.5 Å². The summed E-state index contributed by atoms with van der Waals surface area (Å²) in [4.78, 5) is 32.4. The Hall–Kier alpha value is -2.64. The molecule has 0 fully saturated rings. The van der Waals surface area contributed by atoms with Gasteiger partial charge >= 0.3 is 6.09 Å². The summed E-state index contributed by atoms with van der Waals surface area (Å²) in [5.74, 6) is -0.797. The Morgan fingerprint density at radius 3 is 2.53 bits per heavy atom. The summed E-state index contributed by atoms with van der Waals surface area (Å²) in [5.41, 5.74) is 4.97. The predicted octanol–water partition coefficient (Wildman–Crippen LogP) is 0.185. The van der Waals surface area contributed by atoms with Gasteiger partial charge in [0.1, 0.15) is 5.54 Å². The molecule has 4 N–H and O–H groups in total. The van der Waals surface area contributed by atoms with Gasteiger partial charge in [0.25, 0.3) is 5.69 Å². The van der Waals surface area contributed by atoms with Crippen molar-refractivity contribution in [2.24, 2.45) is 5.73 Å². The van der Waals surface area contributed by atoms with Crippen LogP contribution in [0, 0.1) is 10.1 Å². The van der Waals surface area contributed by atoms with Gasteiger partial charge in [-0.2, -0.15) is 0 Å². The van der Waals surface area contributed by atoms with E-state index in [1.165, 1.54) is 18.2 Å². The van der Waals surface area contributed by atoms with Crippen molar-refractivity contribution in [3.8, 4) is 0 Å². The summed E-state index contributed by atoms with van der Waals surface area (Å²) in [6.45, 7) is 0. The minimum absolute atomic E-state index is 0.0195. The van der Waals surface area contributed by atoms with Crippen LogP contribution in [0.25, 0.3) is 0 Å². The molecule has 0 radical (unpaired) electrons. The van der Waals surface area contributed by atoms with Crippen molar-refractivity contribution in [3.05, 3.63) is 39.4 Å². The number of non-ortho nitro benzene ring substituents is 1. The topological polar surface area (TPSA) is 136 Å². The van der Waals surface area contributed by atoms with Crippen molar-refractivity contribution in [2.45, 2.75) is 18.4 Å². The molecule has 0 heterocycles. The maximum absolute atomic E-state index is 11.5. The zero-order valence-electron chi connectivity index (χ0n) is 9.75. The first-order valence-corrected chi connectivity index (χ1v) is 5.41. The Morgan fingerprint density at radius 2 is 2.00 bits per heavy atom. The second-order valence-corrected chi connectivity index (χ2v) is 4.44. The number of benzene rings is 1. The summed E-state index contributed by atoms with van der Waals surface area (Å²) in [7, 11) is 0. The van der Waals surface area contributed by atoms with Gasteiger partial charge in [-0.25, -0.2) is 4.79 Å².